The molecule has 0 spiro atoms. The second kappa shape index (κ2) is 8.29. The molecular formula is C13H23NO9. The van der Waals surface area contributed by atoms with Crippen LogP contribution in [0.25, 0.3) is 0 Å². The van der Waals surface area contributed by atoms with E-state index in [1.807, 2.05) is 0 Å². The minimum absolute atomic E-state index is 0.0370. The van der Waals surface area contributed by atoms with Gasteiger partial charge >= 0.3 is 12.3 Å². The van der Waals surface area contributed by atoms with Gasteiger partial charge in [-0.05, 0) is 20.8 Å². The molecule has 1 saturated heterocycles. The molecule has 23 heavy (non-hydrogen) atoms. The van der Waals surface area contributed by atoms with Gasteiger partial charge in [-0.3, -0.25) is 0 Å². The summed E-state index contributed by atoms with van der Waals surface area (Å²) in [4.78, 5) is 27.3. The first-order valence-electron chi connectivity index (χ1n) is 7.08. The molecule has 0 bridgehead atoms. The van der Waals surface area contributed by atoms with Crippen LogP contribution in [0.3, 0.4) is 0 Å². The summed E-state index contributed by atoms with van der Waals surface area (Å²) in [6.07, 6.45) is -5.04. The number of hydrogen-bond acceptors (Lipinski definition) is 9. The molecule has 0 aliphatic carbocycles. The van der Waals surface area contributed by atoms with Gasteiger partial charge in [-0.15, -0.1) is 0 Å². The van der Waals surface area contributed by atoms with E-state index in [1.165, 1.54) is 0 Å². The lowest BCUT2D eigenvalue weighted by Crippen LogP contribution is -2.37. The van der Waals surface area contributed by atoms with E-state index in [1.54, 1.807) is 20.8 Å². The Morgan fingerprint density at radius 1 is 1.35 bits per heavy atom. The van der Waals surface area contributed by atoms with Crippen molar-refractivity contribution < 1.29 is 44.0 Å². The van der Waals surface area contributed by atoms with Crippen molar-refractivity contribution in [3.63, 3.8) is 0 Å². The summed E-state index contributed by atoms with van der Waals surface area (Å²) in [6.45, 7) is 4.42. The van der Waals surface area contributed by atoms with Crippen LogP contribution in [0.15, 0.2) is 0 Å². The smallest absolute Gasteiger partial charge is 0.450 e. The Morgan fingerprint density at radius 3 is 2.52 bits per heavy atom. The van der Waals surface area contributed by atoms with Crippen LogP contribution in [0.4, 0.5) is 9.59 Å². The molecule has 0 radical (unpaired) electrons. The van der Waals surface area contributed by atoms with Crippen molar-refractivity contribution in [2.45, 2.75) is 51.2 Å². The van der Waals surface area contributed by atoms with Gasteiger partial charge in [0.15, 0.2) is 6.23 Å². The van der Waals surface area contributed by atoms with Crippen LogP contribution in [0.1, 0.15) is 27.2 Å². The molecule has 1 fully saturated rings. The average molecular weight is 337 g/mol. The minimum Gasteiger partial charge on any atom is -0.450 e. The van der Waals surface area contributed by atoms with Crippen molar-refractivity contribution in [1.29, 1.82) is 0 Å². The summed E-state index contributed by atoms with van der Waals surface area (Å²) in [5, 5.41) is 27.7. The average Bonchev–Trinajstić information content (AvgIpc) is 2.75. The molecule has 3 N–H and O–H groups in total. The van der Waals surface area contributed by atoms with Crippen molar-refractivity contribution in [2.24, 2.45) is 0 Å². The largest absolute Gasteiger partial charge is 0.528 e. The lowest BCUT2D eigenvalue weighted by molar-refractivity contribution is -0.201. The van der Waals surface area contributed by atoms with Crippen LogP contribution in [0, 0.1) is 0 Å². The second-order valence-electron chi connectivity index (χ2n) is 6.02. The van der Waals surface area contributed by atoms with Gasteiger partial charge in [0.25, 0.3) is 0 Å². The third kappa shape index (κ3) is 7.46. The van der Waals surface area contributed by atoms with E-state index in [2.05, 4.69) is 4.74 Å². The highest BCUT2D eigenvalue weighted by Gasteiger charge is 2.39. The van der Waals surface area contributed by atoms with Crippen LogP contribution in [0.2, 0.25) is 0 Å². The van der Waals surface area contributed by atoms with Gasteiger partial charge in [0.2, 0.25) is 0 Å². The summed E-state index contributed by atoms with van der Waals surface area (Å²) in [5.41, 5.74) is -0.763. The summed E-state index contributed by atoms with van der Waals surface area (Å²) in [5.74, 6) is 0. The van der Waals surface area contributed by atoms with E-state index in [0.29, 0.717) is 0 Å². The lowest BCUT2D eigenvalue weighted by atomic mass is 10.2. The molecule has 10 heteroatoms. The molecule has 0 aromatic carbocycles. The number of aliphatic hydroxyl groups excluding tert-OH is 2. The van der Waals surface area contributed by atoms with Crippen molar-refractivity contribution in [3.05, 3.63) is 0 Å². The standard InChI is InChI=1S/C13H23NO9/c1-13(2,3)22-12(19)23-14-5-9(20-7-8(16)6-15)4-10(14)21-11(17)18/h8-10,15-16H,4-7H2,1-3H3,(H,17,18)/t8?,9-,10-/m1/s1. The topological polar surface area (TPSA) is 135 Å². The van der Waals surface area contributed by atoms with Crippen LogP contribution >= 0.6 is 0 Å². The summed E-state index contributed by atoms with van der Waals surface area (Å²) >= 11 is 0. The number of ether oxygens (including phenoxy) is 3. The lowest BCUT2D eigenvalue weighted by Gasteiger charge is -2.24. The number of hydroxylamine groups is 2. The third-order valence-electron chi connectivity index (χ3n) is 2.72. The summed E-state index contributed by atoms with van der Waals surface area (Å²) in [6, 6.07) is 0. The van der Waals surface area contributed by atoms with Gasteiger partial charge in [0.05, 0.1) is 25.9 Å². The number of nitrogens with zero attached hydrogens (tertiary/aromatic N) is 1. The molecule has 1 heterocycles. The maximum absolute atomic E-state index is 11.7. The fraction of sp³-hybridized carbons (Fsp3) is 0.846. The van der Waals surface area contributed by atoms with E-state index < -0.39 is 43.0 Å². The van der Waals surface area contributed by atoms with Gasteiger partial charge in [-0.2, -0.15) is 0 Å². The van der Waals surface area contributed by atoms with E-state index in [0.717, 1.165) is 5.06 Å². The molecule has 0 aromatic heterocycles. The van der Waals surface area contributed by atoms with E-state index in [9.17, 15) is 14.7 Å². The second-order valence-corrected chi connectivity index (χ2v) is 6.02. The Bertz CT molecular complexity index is 409. The maximum Gasteiger partial charge on any atom is 0.528 e. The van der Waals surface area contributed by atoms with Crippen LogP contribution < -0.4 is 0 Å². The molecule has 134 valence electrons. The van der Waals surface area contributed by atoms with Gasteiger partial charge in [-0.25, -0.2) is 9.59 Å². The van der Waals surface area contributed by atoms with E-state index in [-0.39, 0.29) is 19.6 Å². The Labute approximate surface area is 133 Å². The zero-order chi connectivity index (χ0) is 17.6. The molecule has 10 nitrogen and oxygen atoms in total. The molecule has 1 aliphatic rings. The van der Waals surface area contributed by atoms with Crippen molar-refractivity contribution in [3.8, 4) is 0 Å². The van der Waals surface area contributed by atoms with Crippen molar-refractivity contribution in [2.75, 3.05) is 19.8 Å². The molecule has 0 amide bonds. The molecule has 3 atom stereocenters. The number of carbonyl (C=O) groups excluding carboxylic acids is 1. The molecule has 1 rings (SSSR count). The number of hydrogen-bond donors (Lipinski definition) is 3. The van der Waals surface area contributed by atoms with E-state index >= 15 is 0 Å². The highest BCUT2D eigenvalue weighted by molar-refractivity contribution is 5.60. The van der Waals surface area contributed by atoms with Gasteiger partial charge < -0.3 is 34.4 Å². The molecule has 1 unspecified atom stereocenters. The predicted molar refractivity (Wildman–Crippen MR) is 74.4 cm³/mol. The number of aliphatic hydroxyl groups is 2. The van der Waals surface area contributed by atoms with Crippen molar-refractivity contribution >= 4 is 12.3 Å². The number of rotatable bonds is 6. The molecule has 0 saturated carbocycles. The zero-order valence-corrected chi connectivity index (χ0v) is 13.3. The fourth-order valence-corrected chi connectivity index (χ4v) is 1.84. The summed E-state index contributed by atoms with van der Waals surface area (Å²) < 4.78 is 14.9. The first-order chi connectivity index (χ1) is 10.6. The maximum atomic E-state index is 11.7. The van der Waals surface area contributed by atoms with Crippen molar-refractivity contribution in [1.82, 2.24) is 5.06 Å². The normalized spacial score (nSPS) is 23.3. The van der Waals surface area contributed by atoms with Gasteiger partial charge in [-0.1, -0.05) is 5.06 Å². The number of carbonyl (C=O) groups is 2. The van der Waals surface area contributed by atoms with Crippen LogP contribution in [-0.4, -0.2) is 76.5 Å². The first-order valence-corrected chi connectivity index (χ1v) is 7.08. The highest BCUT2D eigenvalue weighted by Crippen LogP contribution is 2.23. The Kier molecular flexibility index (Phi) is 7.01. The monoisotopic (exact) mass is 337 g/mol. The Balaban J connectivity index is 2.59. The van der Waals surface area contributed by atoms with Crippen LogP contribution in [0.5, 0.6) is 0 Å². The summed E-state index contributed by atoms with van der Waals surface area (Å²) in [7, 11) is 0. The molecule has 1 aliphatic heterocycles. The predicted octanol–water partition coefficient (Wildman–Crippen LogP) is 0.318. The minimum atomic E-state index is -1.52. The highest BCUT2D eigenvalue weighted by atomic mass is 16.8. The Morgan fingerprint density at radius 2 is 2.00 bits per heavy atom. The molecular weight excluding hydrogens is 314 g/mol. The zero-order valence-electron chi connectivity index (χ0n) is 13.3. The van der Waals surface area contributed by atoms with Crippen LogP contribution in [-0.2, 0) is 19.0 Å². The SMILES string of the molecule is CC(C)(C)OC(=O)ON1C[C@H](OCC(O)CO)C[C@H]1OC(=O)O. The number of carboxylic acid groups (broad SMARTS) is 1. The van der Waals surface area contributed by atoms with Gasteiger partial charge in [0, 0.05) is 6.42 Å². The Hall–Kier alpha value is -1.62. The molecule has 0 aromatic rings. The first kappa shape index (κ1) is 19.4. The third-order valence-corrected chi connectivity index (χ3v) is 2.72. The quantitative estimate of drug-likeness (QED) is 0.581. The fourth-order valence-electron chi connectivity index (χ4n) is 1.84. The van der Waals surface area contributed by atoms with Gasteiger partial charge in [0.1, 0.15) is 11.7 Å². The van der Waals surface area contributed by atoms with E-state index in [4.69, 9.17) is 24.5 Å².